The van der Waals surface area contributed by atoms with Gasteiger partial charge in [0.25, 0.3) is 0 Å². The van der Waals surface area contributed by atoms with E-state index in [1.54, 1.807) is 0 Å². The molecule has 0 aliphatic carbocycles. The molecule has 0 fully saturated rings. The summed E-state index contributed by atoms with van der Waals surface area (Å²) in [6.07, 6.45) is 1.17. The first kappa shape index (κ1) is 9.21. The van der Waals surface area contributed by atoms with Crippen LogP contribution in [0.1, 0.15) is 0 Å². The Bertz CT molecular complexity index is 49.6. The van der Waals surface area contributed by atoms with Gasteiger partial charge in [0.15, 0.2) is 0 Å². The van der Waals surface area contributed by atoms with Crippen molar-refractivity contribution in [1.29, 1.82) is 0 Å². The molecule has 5 heavy (non-hydrogen) atoms. The molecule has 0 saturated heterocycles. The van der Waals surface area contributed by atoms with Gasteiger partial charge in [-0.15, -0.1) is 4.40 Å². The zero-order chi connectivity index (χ0) is 3.41. The topological polar surface area (TPSA) is 29.4 Å². The molecule has 24 valence electrons. The van der Waals surface area contributed by atoms with Crippen molar-refractivity contribution in [3.8, 4) is 0 Å². The van der Waals surface area contributed by atoms with E-state index in [-0.39, 0.29) is 29.6 Å². The normalized spacial score (nSPS) is 3.40. The van der Waals surface area contributed by atoms with Gasteiger partial charge < -0.3 is 0 Å². The Morgan fingerprint density at radius 1 is 1.80 bits per heavy atom. The standard InChI is InChI=1S/CHNOS.Na.H/c3-1-2-4;;/h4H;;. The monoisotopic (exact) mass is 99.0 g/mol. The third kappa shape index (κ3) is 11.8. The van der Waals surface area contributed by atoms with Crippen LogP contribution < -0.4 is 0 Å². The SMILES string of the molecule is O=C=NS.[NaH]. The third-order valence-electron chi connectivity index (χ3n) is 0.0408. The molecule has 0 atom stereocenters. The van der Waals surface area contributed by atoms with Gasteiger partial charge in [-0.05, 0) is 12.8 Å². The van der Waals surface area contributed by atoms with Crippen LogP contribution in [0.4, 0.5) is 0 Å². The molecular formula is CH2NNaOS. The number of rotatable bonds is 0. The average Bonchev–Trinajstić information content (AvgIpc) is 1.37. The van der Waals surface area contributed by atoms with Crippen LogP contribution >= 0.6 is 12.8 Å². The first-order valence-electron chi connectivity index (χ1n) is 0.628. The Morgan fingerprint density at radius 2 is 2.00 bits per heavy atom. The molecule has 0 heterocycles. The van der Waals surface area contributed by atoms with Crippen LogP contribution in [0, 0.1) is 0 Å². The summed E-state index contributed by atoms with van der Waals surface area (Å²) in [6.45, 7) is 0. The molecule has 0 aliphatic rings. The van der Waals surface area contributed by atoms with Gasteiger partial charge in [0.05, 0.1) is 0 Å². The van der Waals surface area contributed by atoms with Crippen molar-refractivity contribution < 1.29 is 4.79 Å². The van der Waals surface area contributed by atoms with Crippen LogP contribution in [0.5, 0.6) is 0 Å². The quantitative estimate of drug-likeness (QED) is 0.189. The summed E-state index contributed by atoms with van der Waals surface area (Å²) in [6, 6.07) is 0. The zero-order valence-electron chi connectivity index (χ0n) is 1.80. The van der Waals surface area contributed by atoms with Gasteiger partial charge in [-0.25, -0.2) is 4.79 Å². The minimum absolute atomic E-state index is 0. The molecule has 0 rings (SSSR count). The Morgan fingerprint density at radius 3 is 2.00 bits per heavy atom. The van der Waals surface area contributed by atoms with E-state index in [2.05, 4.69) is 17.2 Å². The summed E-state index contributed by atoms with van der Waals surface area (Å²) in [5.74, 6) is 0. The Balaban J connectivity index is 0. The van der Waals surface area contributed by atoms with Crippen LogP contribution in [0.3, 0.4) is 0 Å². The van der Waals surface area contributed by atoms with E-state index in [0.29, 0.717) is 0 Å². The number of hydrogen-bond donors (Lipinski definition) is 1. The summed E-state index contributed by atoms with van der Waals surface area (Å²) in [5, 5.41) is 0. The van der Waals surface area contributed by atoms with Gasteiger partial charge in [-0.3, -0.25) is 0 Å². The number of isocyanates is 1. The van der Waals surface area contributed by atoms with Crippen molar-refractivity contribution in [1.82, 2.24) is 0 Å². The van der Waals surface area contributed by atoms with Crippen molar-refractivity contribution in [2.45, 2.75) is 0 Å². The third-order valence-corrected chi connectivity index (χ3v) is 0.122. The second-order valence-corrected chi connectivity index (χ2v) is 0.391. The fraction of sp³-hybridized carbons (Fsp3) is 0. The number of nitrogens with zero attached hydrogens (tertiary/aromatic N) is 1. The van der Waals surface area contributed by atoms with E-state index in [1.165, 1.54) is 6.08 Å². The fourth-order valence-electron chi connectivity index (χ4n) is 0. The molecule has 0 aromatic rings. The van der Waals surface area contributed by atoms with E-state index in [9.17, 15) is 0 Å². The Kier molecular flexibility index (Phi) is 16.3. The number of hydrogen-bond acceptors (Lipinski definition) is 3. The molecule has 0 radical (unpaired) electrons. The molecule has 0 spiro atoms. The van der Waals surface area contributed by atoms with Gasteiger partial charge in [-0.2, -0.15) is 0 Å². The molecule has 0 aliphatic heterocycles. The first-order chi connectivity index (χ1) is 1.91. The Hall–Kier alpha value is 0.730. The fourth-order valence-corrected chi connectivity index (χ4v) is 0. The van der Waals surface area contributed by atoms with Gasteiger partial charge >= 0.3 is 29.6 Å². The molecule has 0 bridgehead atoms. The van der Waals surface area contributed by atoms with Crippen molar-refractivity contribution >= 4 is 48.5 Å². The molecule has 4 heteroatoms. The summed E-state index contributed by atoms with van der Waals surface area (Å²) in [7, 11) is 0. The van der Waals surface area contributed by atoms with Crippen LogP contribution in [0.2, 0.25) is 0 Å². The Labute approximate surface area is 57.5 Å². The first-order valence-corrected chi connectivity index (χ1v) is 1.03. The zero-order valence-corrected chi connectivity index (χ0v) is 2.70. The molecule has 2 nitrogen and oxygen atoms in total. The molecule has 0 unspecified atom stereocenters. The minimum atomic E-state index is 0. The van der Waals surface area contributed by atoms with Gasteiger partial charge in [0.2, 0.25) is 6.08 Å². The summed E-state index contributed by atoms with van der Waals surface area (Å²) in [5.41, 5.74) is 0. The molecule has 0 N–H and O–H groups in total. The summed E-state index contributed by atoms with van der Waals surface area (Å²) >= 11 is 3.12. The summed E-state index contributed by atoms with van der Waals surface area (Å²) in [4.78, 5) is 8.81. The molecule has 0 saturated carbocycles. The second kappa shape index (κ2) is 8.83. The van der Waals surface area contributed by atoms with E-state index < -0.39 is 0 Å². The van der Waals surface area contributed by atoms with E-state index >= 15 is 0 Å². The van der Waals surface area contributed by atoms with Crippen LogP contribution in [-0.4, -0.2) is 35.6 Å². The molecule has 0 aromatic carbocycles. The van der Waals surface area contributed by atoms with Crippen molar-refractivity contribution in [3.05, 3.63) is 0 Å². The van der Waals surface area contributed by atoms with Gasteiger partial charge in [-0.1, -0.05) is 0 Å². The van der Waals surface area contributed by atoms with E-state index in [0.717, 1.165) is 0 Å². The van der Waals surface area contributed by atoms with E-state index in [4.69, 9.17) is 4.79 Å². The molecule has 0 aromatic heterocycles. The molecule has 0 amide bonds. The van der Waals surface area contributed by atoms with E-state index in [1.807, 2.05) is 0 Å². The number of carbonyl (C=O) groups excluding carboxylic acids is 1. The number of thiol groups is 1. The van der Waals surface area contributed by atoms with Crippen molar-refractivity contribution in [3.63, 3.8) is 0 Å². The van der Waals surface area contributed by atoms with Gasteiger partial charge in [0, 0.05) is 0 Å². The average molecular weight is 99.1 g/mol. The predicted octanol–water partition coefficient (Wildman–Crippen LogP) is -0.482. The maximum atomic E-state index is 8.81. The van der Waals surface area contributed by atoms with Crippen LogP contribution in [0.25, 0.3) is 0 Å². The van der Waals surface area contributed by atoms with Crippen molar-refractivity contribution in [2.75, 3.05) is 0 Å². The predicted molar refractivity (Wildman–Crippen MR) is 24.3 cm³/mol. The summed E-state index contributed by atoms with van der Waals surface area (Å²) < 4.78 is 2.62. The van der Waals surface area contributed by atoms with Crippen molar-refractivity contribution in [2.24, 2.45) is 4.40 Å². The van der Waals surface area contributed by atoms with Gasteiger partial charge in [0.1, 0.15) is 0 Å². The second-order valence-electron chi connectivity index (χ2n) is 0.191. The maximum absolute atomic E-state index is 8.81. The van der Waals surface area contributed by atoms with Crippen LogP contribution in [0.15, 0.2) is 4.40 Å². The molecular weight excluding hydrogens is 97.1 g/mol. The van der Waals surface area contributed by atoms with Crippen LogP contribution in [-0.2, 0) is 4.79 Å².